The standard InChI is InChI=1S/C10H12N4O/c1-7(6-11)10-13-9(14-15-10)8-4-2-3-5-12-8/h2-5,7H,6,11H2,1H3. The second-order valence-corrected chi connectivity index (χ2v) is 3.31. The molecule has 78 valence electrons. The molecule has 0 spiro atoms. The molecule has 0 aliphatic heterocycles. The Bertz CT molecular complexity index is 426. The van der Waals surface area contributed by atoms with E-state index in [-0.39, 0.29) is 5.92 Å². The minimum absolute atomic E-state index is 0.0787. The van der Waals surface area contributed by atoms with Crippen LogP contribution < -0.4 is 5.73 Å². The highest BCUT2D eigenvalue weighted by Crippen LogP contribution is 2.16. The maximum atomic E-state index is 5.51. The van der Waals surface area contributed by atoms with Crippen molar-refractivity contribution in [3.8, 4) is 11.5 Å². The molecule has 0 saturated carbocycles. The summed E-state index contributed by atoms with van der Waals surface area (Å²) in [7, 11) is 0. The van der Waals surface area contributed by atoms with E-state index in [0.29, 0.717) is 24.0 Å². The molecule has 15 heavy (non-hydrogen) atoms. The van der Waals surface area contributed by atoms with Crippen LogP contribution in [0.4, 0.5) is 0 Å². The Morgan fingerprint density at radius 1 is 1.47 bits per heavy atom. The van der Waals surface area contributed by atoms with Gasteiger partial charge in [0.25, 0.3) is 0 Å². The first-order valence-corrected chi connectivity index (χ1v) is 4.76. The molecule has 2 aromatic rings. The molecule has 0 fully saturated rings. The van der Waals surface area contributed by atoms with Crippen molar-refractivity contribution in [2.75, 3.05) is 6.54 Å². The highest BCUT2D eigenvalue weighted by Gasteiger charge is 2.13. The number of nitrogens with zero attached hydrogens (tertiary/aromatic N) is 3. The Labute approximate surface area is 87.3 Å². The Balaban J connectivity index is 2.28. The van der Waals surface area contributed by atoms with E-state index in [4.69, 9.17) is 10.3 Å². The summed E-state index contributed by atoms with van der Waals surface area (Å²) in [6, 6.07) is 5.56. The van der Waals surface area contributed by atoms with Gasteiger partial charge in [0, 0.05) is 18.7 Å². The van der Waals surface area contributed by atoms with Gasteiger partial charge in [-0.25, -0.2) is 0 Å². The molecule has 0 bridgehead atoms. The predicted octanol–water partition coefficient (Wildman–Crippen LogP) is 1.19. The maximum absolute atomic E-state index is 5.51. The zero-order chi connectivity index (χ0) is 10.7. The molecule has 0 aliphatic carbocycles. The van der Waals surface area contributed by atoms with Gasteiger partial charge in [-0.05, 0) is 12.1 Å². The average Bonchev–Trinajstić information content (AvgIpc) is 2.78. The molecule has 5 heteroatoms. The average molecular weight is 204 g/mol. The molecule has 0 radical (unpaired) electrons. The van der Waals surface area contributed by atoms with Gasteiger partial charge in [-0.3, -0.25) is 4.98 Å². The number of aromatic nitrogens is 3. The van der Waals surface area contributed by atoms with Gasteiger partial charge in [0.1, 0.15) is 5.69 Å². The Hall–Kier alpha value is -1.75. The summed E-state index contributed by atoms with van der Waals surface area (Å²) in [5.74, 6) is 1.14. The molecule has 2 rings (SSSR count). The second-order valence-electron chi connectivity index (χ2n) is 3.31. The first-order chi connectivity index (χ1) is 7.31. The first-order valence-electron chi connectivity index (χ1n) is 4.76. The fraction of sp³-hybridized carbons (Fsp3) is 0.300. The molecule has 0 amide bonds. The Morgan fingerprint density at radius 3 is 3.00 bits per heavy atom. The van der Waals surface area contributed by atoms with Crippen molar-refractivity contribution in [2.45, 2.75) is 12.8 Å². The van der Waals surface area contributed by atoms with Crippen LogP contribution in [0.15, 0.2) is 28.9 Å². The minimum Gasteiger partial charge on any atom is -0.339 e. The van der Waals surface area contributed by atoms with Crippen LogP contribution in [-0.4, -0.2) is 21.7 Å². The van der Waals surface area contributed by atoms with Crippen molar-refractivity contribution in [1.29, 1.82) is 0 Å². The lowest BCUT2D eigenvalue weighted by atomic mass is 10.2. The molecule has 1 atom stereocenters. The molecule has 0 aromatic carbocycles. The van der Waals surface area contributed by atoms with Crippen LogP contribution in [0, 0.1) is 0 Å². The topological polar surface area (TPSA) is 77.8 Å². The highest BCUT2D eigenvalue weighted by atomic mass is 16.5. The fourth-order valence-corrected chi connectivity index (χ4v) is 1.14. The van der Waals surface area contributed by atoms with E-state index in [1.165, 1.54) is 0 Å². The third kappa shape index (κ3) is 2.02. The third-order valence-corrected chi connectivity index (χ3v) is 2.11. The molecule has 0 saturated heterocycles. The zero-order valence-electron chi connectivity index (χ0n) is 8.42. The van der Waals surface area contributed by atoms with E-state index in [0.717, 1.165) is 0 Å². The van der Waals surface area contributed by atoms with Gasteiger partial charge >= 0.3 is 0 Å². The van der Waals surface area contributed by atoms with Gasteiger partial charge in [-0.2, -0.15) is 4.98 Å². The van der Waals surface area contributed by atoms with Gasteiger partial charge < -0.3 is 10.3 Å². The van der Waals surface area contributed by atoms with E-state index in [1.54, 1.807) is 6.20 Å². The summed E-state index contributed by atoms with van der Waals surface area (Å²) in [5.41, 5.74) is 6.21. The van der Waals surface area contributed by atoms with Gasteiger partial charge in [-0.15, -0.1) is 0 Å². The quantitative estimate of drug-likeness (QED) is 0.812. The first kappa shape index (κ1) is 9.79. The monoisotopic (exact) mass is 204 g/mol. The van der Waals surface area contributed by atoms with Crippen molar-refractivity contribution in [3.63, 3.8) is 0 Å². The van der Waals surface area contributed by atoms with Crippen molar-refractivity contribution in [2.24, 2.45) is 5.73 Å². The van der Waals surface area contributed by atoms with Crippen LogP contribution in [0.1, 0.15) is 18.7 Å². The summed E-state index contributed by atoms with van der Waals surface area (Å²) in [6.07, 6.45) is 1.69. The van der Waals surface area contributed by atoms with E-state index >= 15 is 0 Å². The van der Waals surface area contributed by atoms with Crippen molar-refractivity contribution in [3.05, 3.63) is 30.3 Å². The number of hydrogen-bond acceptors (Lipinski definition) is 5. The third-order valence-electron chi connectivity index (χ3n) is 2.11. The van der Waals surface area contributed by atoms with E-state index < -0.39 is 0 Å². The summed E-state index contributed by atoms with van der Waals surface area (Å²) in [5, 5.41) is 3.85. The molecule has 2 aromatic heterocycles. The Morgan fingerprint density at radius 2 is 2.33 bits per heavy atom. The van der Waals surface area contributed by atoms with Gasteiger partial charge in [-0.1, -0.05) is 18.1 Å². The Kier molecular flexibility index (Phi) is 2.73. The zero-order valence-corrected chi connectivity index (χ0v) is 8.42. The fourth-order valence-electron chi connectivity index (χ4n) is 1.14. The molecule has 0 aliphatic rings. The second kappa shape index (κ2) is 4.18. The number of pyridine rings is 1. The lowest BCUT2D eigenvalue weighted by Gasteiger charge is -1.98. The molecule has 1 unspecified atom stereocenters. The smallest absolute Gasteiger partial charge is 0.231 e. The van der Waals surface area contributed by atoms with Crippen LogP contribution in [0.2, 0.25) is 0 Å². The lowest BCUT2D eigenvalue weighted by Crippen LogP contribution is -2.08. The number of rotatable bonds is 3. The summed E-state index contributed by atoms with van der Waals surface area (Å²) in [6.45, 7) is 2.43. The predicted molar refractivity (Wildman–Crippen MR) is 55.0 cm³/mol. The maximum Gasteiger partial charge on any atom is 0.231 e. The van der Waals surface area contributed by atoms with Crippen LogP contribution >= 0.6 is 0 Å². The molecule has 2 N–H and O–H groups in total. The summed E-state index contributed by atoms with van der Waals surface area (Å²) < 4.78 is 5.09. The van der Waals surface area contributed by atoms with Crippen LogP contribution in [0.25, 0.3) is 11.5 Å². The summed E-state index contributed by atoms with van der Waals surface area (Å²) in [4.78, 5) is 8.36. The lowest BCUT2D eigenvalue weighted by molar-refractivity contribution is 0.361. The number of nitrogens with two attached hydrogens (primary N) is 1. The van der Waals surface area contributed by atoms with Crippen LogP contribution in [0.3, 0.4) is 0 Å². The van der Waals surface area contributed by atoms with Crippen molar-refractivity contribution in [1.82, 2.24) is 15.1 Å². The number of hydrogen-bond donors (Lipinski definition) is 1. The highest BCUT2D eigenvalue weighted by molar-refractivity contribution is 5.47. The molecular formula is C10H12N4O. The van der Waals surface area contributed by atoms with Crippen LogP contribution in [0.5, 0.6) is 0 Å². The van der Waals surface area contributed by atoms with Crippen molar-refractivity contribution < 1.29 is 4.52 Å². The van der Waals surface area contributed by atoms with Gasteiger partial charge in [0.05, 0.1) is 0 Å². The minimum atomic E-state index is 0.0787. The van der Waals surface area contributed by atoms with E-state index in [2.05, 4.69) is 15.1 Å². The van der Waals surface area contributed by atoms with E-state index in [1.807, 2.05) is 25.1 Å². The van der Waals surface area contributed by atoms with E-state index in [9.17, 15) is 0 Å². The molecule has 5 nitrogen and oxygen atoms in total. The SMILES string of the molecule is CC(CN)c1nc(-c2ccccn2)no1. The van der Waals surface area contributed by atoms with Gasteiger partial charge in [0.15, 0.2) is 0 Å². The summed E-state index contributed by atoms with van der Waals surface area (Å²) >= 11 is 0. The molecule has 2 heterocycles. The largest absolute Gasteiger partial charge is 0.339 e. The normalized spacial score (nSPS) is 12.7. The van der Waals surface area contributed by atoms with Gasteiger partial charge in [0.2, 0.25) is 11.7 Å². The van der Waals surface area contributed by atoms with Crippen molar-refractivity contribution >= 4 is 0 Å². The molecular weight excluding hydrogens is 192 g/mol. The van der Waals surface area contributed by atoms with Crippen LogP contribution in [-0.2, 0) is 0 Å².